The first kappa shape index (κ1) is 19.6. The van der Waals surface area contributed by atoms with Gasteiger partial charge in [0.2, 0.25) is 5.91 Å². The highest BCUT2D eigenvalue weighted by molar-refractivity contribution is 7.13. The van der Waals surface area contributed by atoms with E-state index in [0.29, 0.717) is 17.1 Å². The van der Waals surface area contributed by atoms with Gasteiger partial charge in [-0.3, -0.25) is 9.59 Å². The molecule has 6 nitrogen and oxygen atoms in total. The van der Waals surface area contributed by atoms with Crippen LogP contribution in [-0.2, 0) is 4.79 Å². The van der Waals surface area contributed by atoms with Crippen LogP contribution in [0.3, 0.4) is 0 Å². The second-order valence-corrected chi connectivity index (χ2v) is 7.53. The lowest BCUT2D eigenvalue weighted by Crippen LogP contribution is -2.33. The summed E-state index contributed by atoms with van der Waals surface area (Å²) in [5.41, 5.74) is 0.936. The van der Waals surface area contributed by atoms with Crippen LogP contribution in [0.15, 0.2) is 89.0 Å². The zero-order valence-electron chi connectivity index (χ0n) is 16.2. The maximum atomic E-state index is 12.7. The predicted molar refractivity (Wildman–Crippen MR) is 118 cm³/mol. The van der Waals surface area contributed by atoms with Crippen molar-refractivity contribution >= 4 is 22.9 Å². The molecule has 1 amide bonds. The number of nitrogens with one attached hydrogen (secondary N) is 1. The first-order valence-electron chi connectivity index (χ1n) is 9.38. The van der Waals surface area contributed by atoms with E-state index in [1.807, 2.05) is 47.8 Å². The number of amides is 1. The second kappa shape index (κ2) is 8.75. The lowest BCUT2D eigenvalue weighted by atomic mass is 10.2. The molecule has 4 aromatic rings. The van der Waals surface area contributed by atoms with Gasteiger partial charge in [0, 0.05) is 11.8 Å². The third-order valence-electron chi connectivity index (χ3n) is 4.45. The van der Waals surface area contributed by atoms with Crippen molar-refractivity contribution in [2.75, 3.05) is 5.32 Å². The quantitative estimate of drug-likeness (QED) is 0.481. The molecule has 30 heavy (non-hydrogen) atoms. The third kappa shape index (κ3) is 4.47. The summed E-state index contributed by atoms with van der Waals surface area (Å²) in [6, 6.07) is 22.7. The van der Waals surface area contributed by atoms with Crippen LogP contribution < -0.4 is 15.6 Å². The molecule has 1 unspecified atom stereocenters. The summed E-state index contributed by atoms with van der Waals surface area (Å²) in [6.45, 7) is 1.65. The highest BCUT2D eigenvalue weighted by Gasteiger charge is 2.18. The van der Waals surface area contributed by atoms with Crippen LogP contribution in [0.25, 0.3) is 10.6 Å². The Morgan fingerprint density at radius 3 is 2.40 bits per heavy atom. The Bertz CT molecular complexity index is 1190. The molecule has 0 aliphatic carbocycles. The molecule has 0 spiro atoms. The molecule has 2 aromatic carbocycles. The molecular formula is C23H19N3O3S. The lowest BCUT2D eigenvalue weighted by molar-refractivity contribution is -0.119. The smallest absolute Gasteiger partial charge is 0.267 e. The summed E-state index contributed by atoms with van der Waals surface area (Å²) >= 11 is 1.52. The number of ether oxygens (including phenoxy) is 1. The van der Waals surface area contributed by atoms with Gasteiger partial charge in [-0.05, 0) is 60.8 Å². The van der Waals surface area contributed by atoms with Gasteiger partial charge in [-0.1, -0.05) is 24.3 Å². The van der Waals surface area contributed by atoms with E-state index < -0.39 is 6.04 Å². The number of para-hydroxylation sites is 1. The van der Waals surface area contributed by atoms with Crippen LogP contribution in [0.2, 0.25) is 0 Å². The molecule has 0 fully saturated rings. The van der Waals surface area contributed by atoms with Crippen molar-refractivity contribution < 1.29 is 9.53 Å². The summed E-state index contributed by atoms with van der Waals surface area (Å²) in [5, 5.41) is 9.13. The largest absolute Gasteiger partial charge is 0.457 e. The Hall–Kier alpha value is -3.71. The van der Waals surface area contributed by atoms with Crippen molar-refractivity contribution in [1.29, 1.82) is 0 Å². The molecule has 1 atom stereocenters. The van der Waals surface area contributed by atoms with Crippen molar-refractivity contribution in [3.63, 3.8) is 0 Å². The van der Waals surface area contributed by atoms with Crippen LogP contribution in [0.5, 0.6) is 11.5 Å². The summed E-state index contributed by atoms with van der Waals surface area (Å²) in [7, 11) is 0. The van der Waals surface area contributed by atoms with Gasteiger partial charge in [0.15, 0.2) is 0 Å². The molecule has 7 heteroatoms. The number of carbonyl (C=O) groups is 1. The number of thiophene rings is 1. The molecule has 4 rings (SSSR count). The van der Waals surface area contributed by atoms with Gasteiger partial charge in [-0.15, -0.1) is 11.3 Å². The maximum absolute atomic E-state index is 12.7. The maximum Gasteiger partial charge on any atom is 0.267 e. The average Bonchev–Trinajstić information content (AvgIpc) is 3.31. The summed E-state index contributed by atoms with van der Waals surface area (Å²) in [5.74, 6) is 1.07. The molecule has 0 saturated heterocycles. The van der Waals surface area contributed by atoms with Gasteiger partial charge in [0.1, 0.15) is 23.2 Å². The van der Waals surface area contributed by atoms with Crippen molar-refractivity contribution in [2.45, 2.75) is 13.0 Å². The van der Waals surface area contributed by atoms with Gasteiger partial charge in [0.25, 0.3) is 5.56 Å². The Morgan fingerprint density at radius 1 is 0.967 bits per heavy atom. The van der Waals surface area contributed by atoms with Gasteiger partial charge >= 0.3 is 0 Å². The van der Waals surface area contributed by atoms with Crippen LogP contribution in [0.4, 0.5) is 5.69 Å². The molecule has 1 N–H and O–H groups in total. The Balaban J connectivity index is 1.46. The fourth-order valence-electron chi connectivity index (χ4n) is 2.85. The zero-order valence-corrected chi connectivity index (χ0v) is 17.0. The van der Waals surface area contributed by atoms with Crippen molar-refractivity contribution in [1.82, 2.24) is 9.78 Å². The first-order chi connectivity index (χ1) is 14.6. The van der Waals surface area contributed by atoms with E-state index in [9.17, 15) is 9.59 Å². The molecule has 150 valence electrons. The molecule has 0 saturated carbocycles. The Kier molecular flexibility index (Phi) is 5.72. The number of hydrogen-bond acceptors (Lipinski definition) is 5. The predicted octanol–water partition coefficient (Wildman–Crippen LogP) is 4.96. The summed E-state index contributed by atoms with van der Waals surface area (Å²) in [4.78, 5) is 25.9. The highest BCUT2D eigenvalue weighted by Crippen LogP contribution is 2.24. The van der Waals surface area contributed by atoms with Gasteiger partial charge in [-0.2, -0.15) is 5.10 Å². The molecule has 2 heterocycles. The normalized spacial score (nSPS) is 11.6. The van der Waals surface area contributed by atoms with Gasteiger partial charge in [0.05, 0.1) is 4.88 Å². The van der Waals surface area contributed by atoms with E-state index in [-0.39, 0.29) is 11.5 Å². The number of nitrogens with zero attached hydrogens (tertiary/aromatic N) is 2. The number of rotatable bonds is 6. The number of aromatic nitrogens is 2. The number of carbonyl (C=O) groups excluding carboxylic acids is 1. The van der Waals surface area contributed by atoms with E-state index in [1.165, 1.54) is 22.1 Å². The van der Waals surface area contributed by atoms with Crippen LogP contribution in [0.1, 0.15) is 13.0 Å². The minimum Gasteiger partial charge on any atom is -0.457 e. The van der Waals surface area contributed by atoms with Crippen LogP contribution in [0, 0.1) is 0 Å². The Morgan fingerprint density at radius 2 is 1.70 bits per heavy atom. The zero-order chi connectivity index (χ0) is 20.9. The number of anilines is 1. The fraction of sp³-hybridized carbons (Fsp3) is 0.0870. The lowest BCUT2D eigenvalue weighted by Gasteiger charge is -2.15. The molecule has 0 radical (unpaired) electrons. The molecule has 0 aliphatic heterocycles. The number of hydrogen-bond donors (Lipinski definition) is 1. The van der Waals surface area contributed by atoms with E-state index in [2.05, 4.69) is 10.4 Å². The van der Waals surface area contributed by atoms with Gasteiger partial charge in [-0.25, -0.2) is 4.68 Å². The molecule has 0 bridgehead atoms. The highest BCUT2D eigenvalue weighted by atomic mass is 32.1. The van der Waals surface area contributed by atoms with E-state index in [1.54, 1.807) is 37.3 Å². The van der Waals surface area contributed by atoms with Crippen molar-refractivity contribution in [3.8, 4) is 22.1 Å². The first-order valence-corrected chi connectivity index (χ1v) is 10.3. The topological polar surface area (TPSA) is 73.2 Å². The van der Waals surface area contributed by atoms with E-state index in [0.717, 1.165) is 10.6 Å². The minimum atomic E-state index is -0.766. The average molecular weight is 417 g/mol. The monoisotopic (exact) mass is 417 g/mol. The van der Waals surface area contributed by atoms with Crippen LogP contribution >= 0.6 is 11.3 Å². The minimum absolute atomic E-state index is 0.329. The number of benzene rings is 2. The second-order valence-electron chi connectivity index (χ2n) is 6.58. The summed E-state index contributed by atoms with van der Waals surface area (Å²) in [6.07, 6.45) is 0. The molecule has 0 aliphatic rings. The standard InChI is InChI=1S/C23H19N3O3S/c1-16(26-22(27)14-13-20(25-26)21-8-5-15-30-21)23(28)24-17-9-11-19(12-10-17)29-18-6-3-2-4-7-18/h2-16H,1H3,(H,24,28). The SMILES string of the molecule is CC(C(=O)Nc1ccc(Oc2ccccc2)cc1)n1nc(-c2cccs2)ccc1=O. The van der Waals surface area contributed by atoms with E-state index >= 15 is 0 Å². The van der Waals surface area contributed by atoms with Crippen molar-refractivity contribution in [3.05, 3.63) is 94.6 Å². The Labute approximate surface area is 177 Å². The summed E-state index contributed by atoms with van der Waals surface area (Å²) < 4.78 is 6.96. The third-order valence-corrected chi connectivity index (χ3v) is 5.34. The molecule has 2 aromatic heterocycles. The van der Waals surface area contributed by atoms with Crippen molar-refractivity contribution in [2.24, 2.45) is 0 Å². The molecular weight excluding hydrogens is 398 g/mol. The fourth-order valence-corrected chi connectivity index (χ4v) is 3.54. The van der Waals surface area contributed by atoms with Gasteiger partial charge < -0.3 is 10.1 Å². The van der Waals surface area contributed by atoms with E-state index in [4.69, 9.17) is 4.74 Å². The van der Waals surface area contributed by atoms with Crippen LogP contribution in [-0.4, -0.2) is 15.7 Å².